The van der Waals surface area contributed by atoms with Crippen molar-refractivity contribution >= 4 is 22.4 Å². The predicted octanol–water partition coefficient (Wildman–Crippen LogP) is 6.46. The monoisotopic (exact) mass is 449 g/mol. The third kappa shape index (κ3) is 5.68. The molecule has 0 aliphatic carbocycles. The zero-order chi connectivity index (χ0) is 25.0. The lowest BCUT2D eigenvalue weighted by atomic mass is 9.99. The van der Waals surface area contributed by atoms with Crippen LogP contribution in [0.2, 0.25) is 0 Å². The lowest BCUT2D eigenvalue weighted by molar-refractivity contribution is -0.126. The minimum absolute atomic E-state index is 0.114. The summed E-state index contributed by atoms with van der Waals surface area (Å²) in [5, 5.41) is 10.5. The number of likely N-dealkylation sites (N-methyl/N-ethyl adjacent to an activating group) is 1. The molecule has 0 unspecified atom stereocenters. The molecule has 34 heavy (non-hydrogen) atoms. The van der Waals surface area contributed by atoms with Crippen LogP contribution in [-0.4, -0.2) is 22.8 Å². The molecule has 4 heteroatoms. The van der Waals surface area contributed by atoms with Gasteiger partial charge >= 0.3 is 0 Å². The molecule has 1 amide bonds. The van der Waals surface area contributed by atoms with Crippen LogP contribution < -0.4 is 0 Å². The third-order valence-corrected chi connectivity index (χ3v) is 5.80. The zero-order valence-electron chi connectivity index (χ0n) is 20.7. The number of nitriles is 1. The van der Waals surface area contributed by atoms with Crippen molar-refractivity contribution in [2.45, 2.75) is 40.7 Å². The fraction of sp³-hybridized carbons (Fsp3) is 0.233. The second-order valence-corrected chi connectivity index (χ2v) is 9.12. The minimum Gasteiger partial charge on any atom is -0.337 e. The van der Waals surface area contributed by atoms with Gasteiger partial charge in [-0.3, -0.25) is 9.78 Å². The van der Waals surface area contributed by atoms with Gasteiger partial charge in [0.2, 0.25) is 0 Å². The minimum atomic E-state index is -0.114. The number of fused-ring (bicyclic) bond motifs is 1. The van der Waals surface area contributed by atoms with Gasteiger partial charge in [0.05, 0.1) is 11.1 Å². The van der Waals surface area contributed by atoms with Crippen molar-refractivity contribution in [3.63, 3.8) is 0 Å². The number of hydrogen-bond acceptors (Lipinski definition) is 3. The quantitative estimate of drug-likeness (QED) is 0.307. The molecular formula is C30H31N3O. The van der Waals surface area contributed by atoms with Crippen LogP contribution >= 0.6 is 0 Å². The first kappa shape index (κ1) is 24.7. The van der Waals surface area contributed by atoms with Gasteiger partial charge in [-0.1, -0.05) is 48.6 Å². The molecule has 3 rings (SSSR count). The van der Waals surface area contributed by atoms with Gasteiger partial charge in [0.15, 0.2) is 0 Å². The summed E-state index contributed by atoms with van der Waals surface area (Å²) in [4.78, 5) is 19.0. The first-order valence-corrected chi connectivity index (χ1v) is 11.3. The molecule has 0 N–H and O–H groups in total. The molecule has 172 valence electrons. The molecule has 4 nitrogen and oxygen atoms in total. The highest BCUT2D eigenvalue weighted by molar-refractivity contribution is 5.95. The molecule has 0 aliphatic rings. The van der Waals surface area contributed by atoms with Gasteiger partial charge in [-0.2, -0.15) is 5.26 Å². The number of benzene rings is 2. The Balaban J connectivity index is 1.72. The van der Waals surface area contributed by atoms with Gasteiger partial charge in [-0.15, -0.1) is 0 Å². The number of carbonyl (C=O) groups excluding carboxylic acids is 1. The van der Waals surface area contributed by atoms with E-state index in [1.165, 1.54) is 0 Å². The number of amides is 1. The summed E-state index contributed by atoms with van der Waals surface area (Å²) in [6, 6.07) is 14.4. The van der Waals surface area contributed by atoms with Crippen LogP contribution in [0.5, 0.6) is 0 Å². The van der Waals surface area contributed by atoms with Crippen molar-refractivity contribution in [3.8, 4) is 6.07 Å². The van der Waals surface area contributed by atoms with Gasteiger partial charge < -0.3 is 4.90 Å². The summed E-state index contributed by atoms with van der Waals surface area (Å²) in [6.45, 7) is 16.5. The van der Waals surface area contributed by atoms with E-state index in [4.69, 9.17) is 0 Å². The average Bonchev–Trinajstić information content (AvgIpc) is 2.77. The highest BCUT2D eigenvalue weighted by Crippen LogP contribution is 2.23. The molecule has 0 bridgehead atoms. The fourth-order valence-corrected chi connectivity index (χ4v) is 4.24. The van der Waals surface area contributed by atoms with E-state index in [1.807, 2.05) is 45.0 Å². The summed E-state index contributed by atoms with van der Waals surface area (Å²) in [7, 11) is 1.79. The van der Waals surface area contributed by atoms with Crippen molar-refractivity contribution in [3.05, 3.63) is 106 Å². The molecule has 1 aromatic heterocycles. The normalized spacial score (nSPS) is 11.2. The molecule has 0 saturated carbocycles. The summed E-state index contributed by atoms with van der Waals surface area (Å²) in [6.07, 6.45) is 4.23. The SMILES string of the molecule is C=C(/C=C(\C)Cc1cc(C#N)c2ncc(C)cc2c1)C(=O)N(C)Cc1ccc(C(=C)C)c(C)c1. The van der Waals surface area contributed by atoms with E-state index in [1.54, 1.807) is 18.1 Å². The summed E-state index contributed by atoms with van der Waals surface area (Å²) < 4.78 is 0. The molecule has 0 radical (unpaired) electrons. The smallest absolute Gasteiger partial charge is 0.253 e. The van der Waals surface area contributed by atoms with E-state index < -0.39 is 0 Å². The van der Waals surface area contributed by atoms with Crippen molar-refractivity contribution in [2.24, 2.45) is 0 Å². The molecule has 0 spiro atoms. The van der Waals surface area contributed by atoms with Crippen LogP contribution in [0.3, 0.4) is 0 Å². The predicted molar refractivity (Wildman–Crippen MR) is 140 cm³/mol. The molecular weight excluding hydrogens is 418 g/mol. The fourth-order valence-electron chi connectivity index (χ4n) is 4.24. The number of hydrogen-bond donors (Lipinski definition) is 0. The molecule has 3 aromatic rings. The Kier molecular flexibility index (Phi) is 7.48. The third-order valence-electron chi connectivity index (χ3n) is 5.80. The van der Waals surface area contributed by atoms with Crippen molar-refractivity contribution < 1.29 is 4.79 Å². The average molecular weight is 450 g/mol. The largest absolute Gasteiger partial charge is 0.337 e. The second kappa shape index (κ2) is 10.3. The Bertz CT molecular complexity index is 1370. The summed E-state index contributed by atoms with van der Waals surface area (Å²) in [5.41, 5.74) is 9.15. The van der Waals surface area contributed by atoms with E-state index in [0.29, 0.717) is 29.6 Å². The highest BCUT2D eigenvalue weighted by Gasteiger charge is 2.13. The standard InChI is InChI=1S/C30H31N3O/c1-19(2)28-9-8-24(13-22(28)5)18-33(7)30(34)23(6)10-20(3)11-25-14-26-12-21(4)17-32-29(26)27(15-25)16-31/h8-10,12-15,17H,1,6,11,18H2,2-5,7H3/b20-10+. The van der Waals surface area contributed by atoms with Gasteiger partial charge in [0.1, 0.15) is 6.07 Å². The van der Waals surface area contributed by atoms with E-state index in [0.717, 1.165) is 44.3 Å². The van der Waals surface area contributed by atoms with E-state index >= 15 is 0 Å². The molecule has 2 aromatic carbocycles. The van der Waals surface area contributed by atoms with Crippen LogP contribution in [0.15, 0.2) is 73.0 Å². The molecule has 0 atom stereocenters. The maximum atomic E-state index is 12.9. The Morgan fingerprint density at radius 3 is 2.50 bits per heavy atom. The Labute approximate surface area is 202 Å². The number of aryl methyl sites for hydroxylation is 2. The van der Waals surface area contributed by atoms with Gasteiger partial charge in [0, 0.05) is 30.7 Å². The first-order chi connectivity index (χ1) is 16.1. The van der Waals surface area contributed by atoms with Crippen LogP contribution in [0.1, 0.15) is 47.2 Å². The van der Waals surface area contributed by atoms with Gasteiger partial charge in [0.25, 0.3) is 5.91 Å². The lowest BCUT2D eigenvalue weighted by Gasteiger charge is -2.19. The van der Waals surface area contributed by atoms with Crippen molar-refractivity contribution in [1.29, 1.82) is 5.26 Å². The Hall–Kier alpha value is -3.97. The van der Waals surface area contributed by atoms with Gasteiger partial charge in [-0.05, 0) is 80.1 Å². The van der Waals surface area contributed by atoms with Crippen molar-refractivity contribution in [1.82, 2.24) is 9.88 Å². The van der Waals surface area contributed by atoms with Crippen LogP contribution in [0.4, 0.5) is 0 Å². The second-order valence-electron chi connectivity index (χ2n) is 9.12. The Morgan fingerprint density at radius 2 is 1.85 bits per heavy atom. The lowest BCUT2D eigenvalue weighted by Crippen LogP contribution is -2.27. The maximum absolute atomic E-state index is 12.9. The number of aromatic nitrogens is 1. The molecule has 0 fully saturated rings. The Morgan fingerprint density at radius 1 is 1.12 bits per heavy atom. The van der Waals surface area contributed by atoms with Crippen molar-refractivity contribution in [2.75, 3.05) is 7.05 Å². The molecule has 0 aliphatic heterocycles. The number of nitrogens with zero attached hydrogens (tertiary/aromatic N) is 3. The number of allylic oxidation sites excluding steroid dienone is 2. The zero-order valence-corrected chi connectivity index (χ0v) is 20.7. The number of pyridine rings is 1. The van der Waals surface area contributed by atoms with E-state index in [2.05, 4.69) is 49.3 Å². The van der Waals surface area contributed by atoms with Crippen LogP contribution in [-0.2, 0) is 17.8 Å². The van der Waals surface area contributed by atoms with E-state index in [9.17, 15) is 10.1 Å². The summed E-state index contributed by atoms with van der Waals surface area (Å²) in [5.74, 6) is -0.114. The van der Waals surface area contributed by atoms with Crippen LogP contribution in [0, 0.1) is 25.2 Å². The highest BCUT2D eigenvalue weighted by atomic mass is 16.2. The maximum Gasteiger partial charge on any atom is 0.253 e. The van der Waals surface area contributed by atoms with Gasteiger partial charge in [-0.25, -0.2) is 0 Å². The van der Waals surface area contributed by atoms with Crippen LogP contribution in [0.25, 0.3) is 16.5 Å². The topological polar surface area (TPSA) is 57.0 Å². The molecule has 1 heterocycles. The number of rotatable bonds is 7. The first-order valence-electron chi connectivity index (χ1n) is 11.3. The summed E-state index contributed by atoms with van der Waals surface area (Å²) >= 11 is 0. The molecule has 0 saturated heterocycles. The van der Waals surface area contributed by atoms with E-state index in [-0.39, 0.29) is 5.91 Å². The number of carbonyl (C=O) groups is 1.